The summed E-state index contributed by atoms with van der Waals surface area (Å²) in [7, 11) is 0. The van der Waals surface area contributed by atoms with Gasteiger partial charge in [-0.1, -0.05) is 12.1 Å². The minimum atomic E-state index is -0.389. The maximum atomic E-state index is 13.8. The lowest BCUT2D eigenvalue weighted by atomic mass is 10.1. The molecule has 1 fully saturated rings. The van der Waals surface area contributed by atoms with Crippen LogP contribution >= 0.6 is 0 Å². The molecule has 1 aliphatic heterocycles. The first-order chi connectivity index (χ1) is 12.6. The molecule has 2 amide bonds. The number of nitrogens with one attached hydrogen (secondary N) is 1. The Kier molecular flexibility index (Phi) is 5.68. The Hall–Kier alpha value is -2.67. The number of piperazine rings is 1. The quantitative estimate of drug-likeness (QED) is 0.887. The number of benzene rings is 1. The first-order valence-electron chi connectivity index (χ1n) is 8.71. The highest BCUT2D eigenvalue weighted by molar-refractivity contribution is 5.92. The molecule has 0 bridgehead atoms. The predicted molar refractivity (Wildman–Crippen MR) is 95.1 cm³/mol. The maximum absolute atomic E-state index is 13.8. The van der Waals surface area contributed by atoms with Crippen molar-refractivity contribution in [3.63, 3.8) is 0 Å². The number of carbonyl (C=O) groups is 2. The van der Waals surface area contributed by atoms with Gasteiger partial charge in [-0.2, -0.15) is 0 Å². The van der Waals surface area contributed by atoms with Crippen LogP contribution in [0.1, 0.15) is 17.5 Å². The van der Waals surface area contributed by atoms with Gasteiger partial charge in [-0.15, -0.1) is 0 Å². The molecule has 0 spiro atoms. The van der Waals surface area contributed by atoms with Gasteiger partial charge in [0.15, 0.2) is 5.76 Å². The first-order valence-corrected chi connectivity index (χ1v) is 8.71. The van der Waals surface area contributed by atoms with Crippen LogP contribution in [0.2, 0.25) is 0 Å². The highest BCUT2D eigenvalue weighted by Gasteiger charge is 2.25. The number of halogens is 1. The molecule has 0 saturated carbocycles. The van der Waals surface area contributed by atoms with Crippen LogP contribution in [0.15, 0.2) is 40.8 Å². The first kappa shape index (κ1) is 18.1. The molecule has 0 atom stereocenters. The van der Waals surface area contributed by atoms with E-state index in [9.17, 15) is 14.0 Å². The molecule has 0 radical (unpaired) electrons. The topological polar surface area (TPSA) is 65.8 Å². The Balaban J connectivity index is 1.59. The Bertz CT molecular complexity index is 782. The zero-order valence-corrected chi connectivity index (χ0v) is 14.7. The van der Waals surface area contributed by atoms with E-state index in [1.165, 1.54) is 6.07 Å². The standard InChI is InChI=1S/C19H22FN3O3/c1-2-21-18(24)13-22-9-11-23(12-10-22)19(25)17-8-7-16(26-17)14-5-3-4-6-15(14)20/h3-8H,2,9-13H2,1H3,(H,21,24). The van der Waals surface area contributed by atoms with E-state index in [1.807, 2.05) is 11.8 Å². The molecule has 1 aliphatic rings. The highest BCUT2D eigenvalue weighted by atomic mass is 19.1. The number of likely N-dealkylation sites (N-methyl/N-ethyl adjacent to an activating group) is 1. The molecule has 0 aliphatic carbocycles. The summed E-state index contributed by atoms with van der Waals surface area (Å²) in [6.45, 7) is 5.14. The fraction of sp³-hybridized carbons (Fsp3) is 0.368. The van der Waals surface area contributed by atoms with Crippen molar-refractivity contribution in [2.24, 2.45) is 0 Å². The normalized spacial score (nSPS) is 15.1. The van der Waals surface area contributed by atoms with E-state index in [0.29, 0.717) is 50.6 Å². The Morgan fingerprint density at radius 1 is 1.12 bits per heavy atom. The van der Waals surface area contributed by atoms with E-state index in [1.54, 1.807) is 35.2 Å². The third kappa shape index (κ3) is 4.11. The summed E-state index contributed by atoms with van der Waals surface area (Å²) in [5, 5.41) is 2.77. The number of rotatable bonds is 5. The van der Waals surface area contributed by atoms with Gasteiger partial charge in [-0.05, 0) is 31.2 Å². The lowest BCUT2D eigenvalue weighted by molar-refractivity contribution is -0.122. The van der Waals surface area contributed by atoms with Crippen LogP contribution in [0.3, 0.4) is 0 Å². The summed E-state index contributed by atoms with van der Waals surface area (Å²) in [5.74, 6) is -0.0836. The summed E-state index contributed by atoms with van der Waals surface area (Å²) < 4.78 is 19.4. The number of hydrogen-bond acceptors (Lipinski definition) is 4. The van der Waals surface area contributed by atoms with Crippen molar-refractivity contribution < 1.29 is 18.4 Å². The molecule has 6 nitrogen and oxygen atoms in total. The van der Waals surface area contributed by atoms with Gasteiger partial charge in [-0.25, -0.2) is 4.39 Å². The van der Waals surface area contributed by atoms with Gasteiger partial charge in [0, 0.05) is 32.7 Å². The summed E-state index contributed by atoms with van der Waals surface area (Å²) in [4.78, 5) is 27.9. The van der Waals surface area contributed by atoms with Crippen molar-refractivity contribution in [1.29, 1.82) is 0 Å². The third-order valence-electron chi connectivity index (χ3n) is 4.36. The SMILES string of the molecule is CCNC(=O)CN1CCN(C(=O)c2ccc(-c3ccccc3F)o2)CC1. The number of nitrogens with zero attached hydrogens (tertiary/aromatic N) is 2. The summed E-state index contributed by atoms with van der Waals surface area (Å²) in [6.07, 6.45) is 0. The second-order valence-electron chi connectivity index (χ2n) is 6.17. The van der Waals surface area contributed by atoms with E-state index in [2.05, 4.69) is 5.32 Å². The number of amides is 2. The number of carbonyl (C=O) groups excluding carboxylic acids is 2. The largest absolute Gasteiger partial charge is 0.451 e. The van der Waals surface area contributed by atoms with E-state index in [0.717, 1.165) is 0 Å². The smallest absolute Gasteiger partial charge is 0.289 e. The fourth-order valence-corrected chi connectivity index (χ4v) is 2.98. The average Bonchev–Trinajstić information content (AvgIpc) is 3.12. The van der Waals surface area contributed by atoms with Gasteiger partial charge in [-0.3, -0.25) is 14.5 Å². The molecular formula is C19H22FN3O3. The number of hydrogen-bond donors (Lipinski definition) is 1. The molecule has 1 saturated heterocycles. The zero-order chi connectivity index (χ0) is 18.5. The van der Waals surface area contributed by atoms with E-state index in [4.69, 9.17) is 4.42 Å². The zero-order valence-electron chi connectivity index (χ0n) is 14.7. The molecule has 3 rings (SSSR count). The lowest BCUT2D eigenvalue weighted by Gasteiger charge is -2.33. The Morgan fingerprint density at radius 2 is 1.85 bits per heavy atom. The van der Waals surface area contributed by atoms with Crippen LogP contribution in [0.4, 0.5) is 4.39 Å². The van der Waals surface area contributed by atoms with Crippen molar-refractivity contribution in [1.82, 2.24) is 15.1 Å². The van der Waals surface area contributed by atoms with Crippen molar-refractivity contribution in [3.05, 3.63) is 48.0 Å². The lowest BCUT2D eigenvalue weighted by Crippen LogP contribution is -2.51. The van der Waals surface area contributed by atoms with Crippen LogP contribution in [0, 0.1) is 5.82 Å². The minimum absolute atomic E-state index is 0.00663. The van der Waals surface area contributed by atoms with Gasteiger partial charge >= 0.3 is 0 Å². The average molecular weight is 359 g/mol. The van der Waals surface area contributed by atoms with Gasteiger partial charge in [0.1, 0.15) is 11.6 Å². The molecule has 7 heteroatoms. The molecule has 138 valence electrons. The van der Waals surface area contributed by atoms with Crippen molar-refractivity contribution in [2.45, 2.75) is 6.92 Å². The third-order valence-corrected chi connectivity index (χ3v) is 4.36. The molecule has 1 aromatic carbocycles. The van der Waals surface area contributed by atoms with Gasteiger partial charge in [0.2, 0.25) is 5.91 Å². The second-order valence-corrected chi connectivity index (χ2v) is 6.17. The predicted octanol–water partition coefficient (Wildman–Crippen LogP) is 1.98. The van der Waals surface area contributed by atoms with E-state index in [-0.39, 0.29) is 23.4 Å². The molecule has 26 heavy (non-hydrogen) atoms. The highest BCUT2D eigenvalue weighted by Crippen LogP contribution is 2.25. The Labute approximate surface area is 151 Å². The van der Waals surface area contributed by atoms with Crippen molar-refractivity contribution in [2.75, 3.05) is 39.3 Å². The molecule has 0 unspecified atom stereocenters. The van der Waals surface area contributed by atoms with Gasteiger partial charge in [0.05, 0.1) is 12.1 Å². The molecule has 1 N–H and O–H groups in total. The number of furan rings is 1. The molecule has 1 aromatic heterocycles. The van der Waals surface area contributed by atoms with Crippen molar-refractivity contribution in [3.8, 4) is 11.3 Å². The van der Waals surface area contributed by atoms with Crippen LogP contribution in [0.25, 0.3) is 11.3 Å². The summed E-state index contributed by atoms with van der Waals surface area (Å²) >= 11 is 0. The van der Waals surface area contributed by atoms with Gasteiger partial charge in [0.25, 0.3) is 5.91 Å². The van der Waals surface area contributed by atoms with Crippen LogP contribution in [-0.2, 0) is 4.79 Å². The molecule has 2 aromatic rings. The van der Waals surface area contributed by atoms with E-state index < -0.39 is 0 Å². The van der Waals surface area contributed by atoms with Crippen LogP contribution in [0.5, 0.6) is 0 Å². The van der Waals surface area contributed by atoms with Crippen LogP contribution < -0.4 is 5.32 Å². The maximum Gasteiger partial charge on any atom is 0.289 e. The second kappa shape index (κ2) is 8.14. The Morgan fingerprint density at radius 3 is 2.54 bits per heavy atom. The monoisotopic (exact) mass is 359 g/mol. The summed E-state index contributed by atoms with van der Waals surface area (Å²) in [5.41, 5.74) is 0.332. The molecular weight excluding hydrogens is 337 g/mol. The van der Waals surface area contributed by atoms with Crippen molar-refractivity contribution >= 4 is 11.8 Å². The van der Waals surface area contributed by atoms with Gasteiger partial charge < -0.3 is 14.6 Å². The van der Waals surface area contributed by atoms with Crippen LogP contribution in [-0.4, -0.2) is 60.9 Å². The fourth-order valence-electron chi connectivity index (χ4n) is 2.98. The molecule has 2 heterocycles. The minimum Gasteiger partial charge on any atom is -0.451 e. The van der Waals surface area contributed by atoms with E-state index >= 15 is 0 Å². The summed E-state index contributed by atoms with van der Waals surface area (Å²) in [6, 6.07) is 9.47.